The minimum absolute atomic E-state index is 0.130. The van der Waals surface area contributed by atoms with Gasteiger partial charge in [0.2, 0.25) is 15.9 Å². The fourth-order valence-corrected chi connectivity index (χ4v) is 3.60. The predicted molar refractivity (Wildman–Crippen MR) is 95.5 cm³/mol. The topological polar surface area (TPSA) is 75.3 Å². The molecule has 1 fully saturated rings. The molecule has 0 saturated heterocycles. The van der Waals surface area contributed by atoms with E-state index < -0.39 is 15.4 Å². The van der Waals surface area contributed by atoms with E-state index in [9.17, 15) is 17.6 Å². The van der Waals surface area contributed by atoms with Crippen molar-refractivity contribution in [2.24, 2.45) is 0 Å². The van der Waals surface area contributed by atoms with Crippen molar-refractivity contribution in [1.82, 2.24) is 0 Å². The molecule has 1 saturated carbocycles. The van der Waals surface area contributed by atoms with Crippen LogP contribution in [0.15, 0.2) is 48.5 Å². The van der Waals surface area contributed by atoms with Crippen molar-refractivity contribution in [3.63, 3.8) is 0 Å². The maximum Gasteiger partial charge on any atom is 0.235 e. The van der Waals surface area contributed by atoms with Crippen molar-refractivity contribution in [2.75, 3.05) is 16.3 Å². The summed E-state index contributed by atoms with van der Waals surface area (Å²) in [7, 11) is -3.34. The Bertz CT molecular complexity index is 874. The van der Waals surface area contributed by atoms with E-state index in [0.29, 0.717) is 11.4 Å². The number of anilines is 2. The third-order valence-electron chi connectivity index (χ3n) is 4.48. The molecular formula is C18H19FN2O3S. The molecule has 2 aromatic carbocycles. The standard InChI is InChI=1S/C18H19FN2O3S/c1-25(23,24)21-16-9-7-15(8-10-16)20-17(22)18(11-2-12-18)13-3-5-14(19)6-4-13/h3-10,21H,2,11-12H2,1H3,(H,20,22). The third kappa shape index (κ3) is 3.82. The molecule has 0 unspecified atom stereocenters. The number of carbonyl (C=O) groups is 1. The fraction of sp³-hybridized carbons (Fsp3) is 0.278. The monoisotopic (exact) mass is 362 g/mol. The van der Waals surface area contributed by atoms with Crippen molar-refractivity contribution in [3.05, 3.63) is 59.9 Å². The lowest BCUT2D eigenvalue weighted by molar-refractivity contribution is -0.124. The molecule has 2 N–H and O–H groups in total. The van der Waals surface area contributed by atoms with Gasteiger partial charge in [-0.1, -0.05) is 18.6 Å². The molecule has 0 atom stereocenters. The summed E-state index contributed by atoms with van der Waals surface area (Å²) >= 11 is 0. The summed E-state index contributed by atoms with van der Waals surface area (Å²) in [5.41, 5.74) is 1.19. The first-order valence-electron chi connectivity index (χ1n) is 7.94. The quantitative estimate of drug-likeness (QED) is 0.857. The molecule has 0 radical (unpaired) electrons. The van der Waals surface area contributed by atoms with Gasteiger partial charge in [-0.05, 0) is 54.8 Å². The first-order valence-corrected chi connectivity index (χ1v) is 9.83. The molecule has 0 aromatic heterocycles. The van der Waals surface area contributed by atoms with Gasteiger partial charge in [0, 0.05) is 11.4 Å². The van der Waals surface area contributed by atoms with Crippen LogP contribution in [-0.4, -0.2) is 20.6 Å². The second-order valence-corrected chi connectivity index (χ2v) is 8.10. The first-order chi connectivity index (χ1) is 11.8. The van der Waals surface area contributed by atoms with E-state index in [1.807, 2.05) is 0 Å². The first kappa shape index (κ1) is 17.4. The molecule has 0 heterocycles. The highest BCUT2D eigenvalue weighted by atomic mass is 32.2. The van der Waals surface area contributed by atoms with E-state index in [2.05, 4.69) is 10.0 Å². The number of nitrogens with one attached hydrogen (secondary N) is 2. The van der Waals surface area contributed by atoms with E-state index in [1.165, 1.54) is 12.1 Å². The molecule has 0 spiro atoms. The molecule has 7 heteroatoms. The van der Waals surface area contributed by atoms with Crippen LogP contribution in [0.1, 0.15) is 24.8 Å². The Morgan fingerprint density at radius 2 is 1.56 bits per heavy atom. The lowest BCUT2D eigenvalue weighted by Crippen LogP contribution is -2.46. The van der Waals surface area contributed by atoms with Crippen LogP contribution in [0, 0.1) is 5.82 Å². The zero-order valence-corrected chi connectivity index (χ0v) is 14.6. The smallest absolute Gasteiger partial charge is 0.235 e. The number of amides is 1. The lowest BCUT2D eigenvalue weighted by Gasteiger charge is -2.40. The van der Waals surface area contributed by atoms with E-state index in [-0.39, 0.29) is 11.7 Å². The van der Waals surface area contributed by atoms with Crippen molar-refractivity contribution < 1.29 is 17.6 Å². The lowest BCUT2D eigenvalue weighted by atomic mass is 9.64. The Morgan fingerprint density at radius 1 is 1.00 bits per heavy atom. The van der Waals surface area contributed by atoms with Crippen molar-refractivity contribution in [1.29, 1.82) is 0 Å². The van der Waals surface area contributed by atoms with Crippen LogP contribution in [-0.2, 0) is 20.2 Å². The number of benzene rings is 2. The van der Waals surface area contributed by atoms with Crippen LogP contribution in [0.4, 0.5) is 15.8 Å². The molecule has 25 heavy (non-hydrogen) atoms. The highest BCUT2D eigenvalue weighted by Gasteiger charge is 2.45. The second-order valence-electron chi connectivity index (χ2n) is 6.35. The highest BCUT2D eigenvalue weighted by molar-refractivity contribution is 7.92. The number of hydrogen-bond donors (Lipinski definition) is 2. The summed E-state index contributed by atoms with van der Waals surface area (Å²) in [6.07, 6.45) is 3.46. The number of halogens is 1. The molecule has 132 valence electrons. The largest absolute Gasteiger partial charge is 0.325 e. The average molecular weight is 362 g/mol. The van der Waals surface area contributed by atoms with Crippen LogP contribution >= 0.6 is 0 Å². The number of carbonyl (C=O) groups excluding carboxylic acids is 1. The van der Waals surface area contributed by atoms with E-state index >= 15 is 0 Å². The fourth-order valence-electron chi connectivity index (χ4n) is 3.03. The van der Waals surface area contributed by atoms with Gasteiger partial charge >= 0.3 is 0 Å². The summed E-state index contributed by atoms with van der Waals surface area (Å²) in [6.45, 7) is 0. The molecule has 0 bridgehead atoms. The van der Waals surface area contributed by atoms with E-state index in [0.717, 1.165) is 31.1 Å². The van der Waals surface area contributed by atoms with Gasteiger partial charge in [0.25, 0.3) is 0 Å². The molecule has 3 rings (SSSR count). The van der Waals surface area contributed by atoms with Crippen molar-refractivity contribution in [3.8, 4) is 0 Å². The number of hydrogen-bond acceptors (Lipinski definition) is 3. The van der Waals surface area contributed by atoms with Crippen molar-refractivity contribution in [2.45, 2.75) is 24.7 Å². The van der Waals surface area contributed by atoms with E-state index in [4.69, 9.17) is 0 Å². The van der Waals surface area contributed by atoms with Crippen molar-refractivity contribution >= 4 is 27.3 Å². The summed E-state index contributed by atoms with van der Waals surface area (Å²) in [5, 5.41) is 2.88. The summed E-state index contributed by atoms with van der Waals surface area (Å²) < 4.78 is 37.9. The SMILES string of the molecule is CS(=O)(=O)Nc1ccc(NC(=O)C2(c3ccc(F)cc3)CCC2)cc1. The van der Waals surface area contributed by atoms with Crippen LogP contribution in [0.2, 0.25) is 0 Å². The van der Waals surface area contributed by atoms with Crippen LogP contribution < -0.4 is 10.0 Å². The number of sulfonamides is 1. The summed E-state index contributed by atoms with van der Waals surface area (Å²) in [6, 6.07) is 12.5. The van der Waals surface area contributed by atoms with Gasteiger partial charge in [-0.15, -0.1) is 0 Å². The highest BCUT2D eigenvalue weighted by Crippen LogP contribution is 2.44. The molecule has 1 aliphatic carbocycles. The van der Waals surface area contributed by atoms with Gasteiger partial charge in [-0.3, -0.25) is 9.52 Å². The molecule has 2 aromatic rings. The van der Waals surface area contributed by atoms with Gasteiger partial charge in [0.05, 0.1) is 11.7 Å². The normalized spacial score (nSPS) is 15.9. The van der Waals surface area contributed by atoms with Crippen LogP contribution in [0.5, 0.6) is 0 Å². The molecule has 1 amide bonds. The maximum atomic E-state index is 13.2. The Kier molecular flexibility index (Phi) is 4.51. The summed E-state index contributed by atoms with van der Waals surface area (Å²) in [5.74, 6) is -0.457. The number of rotatable bonds is 5. The predicted octanol–water partition coefficient (Wildman–Crippen LogP) is 3.26. The van der Waals surface area contributed by atoms with Gasteiger partial charge in [0.1, 0.15) is 5.82 Å². The van der Waals surface area contributed by atoms with Gasteiger partial charge < -0.3 is 5.32 Å². The molecule has 1 aliphatic rings. The van der Waals surface area contributed by atoms with Crippen LogP contribution in [0.25, 0.3) is 0 Å². The Morgan fingerprint density at radius 3 is 2.04 bits per heavy atom. The molecule has 0 aliphatic heterocycles. The van der Waals surface area contributed by atoms with Gasteiger partial charge in [0.15, 0.2) is 0 Å². The van der Waals surface area contributed by atoms with E-state index in [1.54, 1.807) is 36.4 Å². The average Bonchev–Trinajstić information content (AvgIpc) is 2.48. The Hall–Kier alpha value is -2.41. The maximum absolute atomic E-state index is 13.2. The third-order valence-corrected chi connectivity index (χ3v) is 5.09. The van der Waals surface area contributed by atoms with Gasteiger partial charge in [-0.2, -0.15) is 0 Å². The second kappa shape index (κ2) is 6.48. The van der Waals surface area contributed by atoms with Gasteiger partial charge in [-0.25, -0.2) is 12.8 Å². The minimum Gasteiger partial charge on any atom is -0.325 e. The minimum atomic E-state index is -3.34. The van der Waals surface area contributed by atoms with Crippen LogP contribution in [0.3, 0.4) is 0 Å². The zero-order chi connectivity index (χ0) is 18.1. The molecular weight excluding hydrogens is 343 g/mol. The molecule has 5 nitrogen and oxygen atoms in total. The Balaban J connectivity index is 1.75. The summed E-state index contributed by atoms with van der Waals surface area (Å²) in [4.78, 5) is 12.8. The Labute approximate surface area is 146 Å². The zero-order valence-electron chi connectivity index (χ0n) is 13.8.